The van der Waals surface area contributed by atoms with Crippen LogP contribution in [0.15, 0.2) is 85.1 Å². The van der Waals surface area contributed by atoms with Gasteiger partial charge in [-0.2, -0.15) is 0 Å². The van der Waals surface area contributed by atoms with Gasteiger partial charge in [-0.05, 0) is 47.5 Å². The molecule has 0 radical (unpaired) electrons. The fraction of sp³-hybridized carbons (Fsp3) is 0.250. The van der Waals surface area contributed by atoms with Crippen molar-refractivity contribution in [3.05, 3.63) is 71.8 Å². The normalized spacial score (nSPS) is 25.0. The largest absolute Gasteiger partial charge is 0.490 e. The lowest BCUT2D eigenvalue weighted by Gasteiger charge is -2.28. The Bertz CT molecular complexity index is 1730. The molecule has 3 aliphatic heterocycles. The smallest absolute Gasteiger partial charge is 0.192 e. The minimum atomic E-state index is -3.65. The van der Waals surface area contributed by atoms with Crippen molar-refractivity contribution in [1.82, 2.24) is 0 Å². The van der Waals surface area contributed by atoms with Crippen LogP contribution in [0.25, 0.3) is 0 Å². The Balaban J connectivity index is 1.30. The topological polar surface area (TPSA) is 112 Å². The lowest BCUT2D eigenvalue weighted by atomic mass is 10.1. The molecule has 0 N–H and O–H groups in total. The predicted octanol–water partition coefficient (Wildman–Crippen LogP) is 4.09. The SMILES string of the molecule is O=S1(=O)CCS(=O)(=O)c2cc(C3CSc4cc(C5COc6ccccc6S5(=O)=O)ccc4S3)ccc21. The molecule has 0 amide bonds. The van der Waals surface area contributed by atoms with E-state index >= 15 is 0 Å². The molecule has 6 rings (SSSR count). The highest BCUT2D eigenvalue weighted by atomic mass is 32.2. The molecule has 3 heterocycles. The van der Waals surface area contributed by atoms with Crippen molar-refractivity contribution in [3.63, 3.8) is 0 Å². The summed E-state index contributed by atoms with van der Waals surface area (Å²) >= 11 is 3.13. The van der Waals surface area contributed by atoms with Crippen molar-refractivity contribution in [3.8, 4) is 5.75 Å². The summed E-state index contributed by atoms with van der Waals surface area (Å²) in [6.07, 6.45) is 0. The first-order valence-corrected chi connectivity index (χ1v) is 17.8. The standard InChI is InChI=1S/C24H20O7S5/c25-34(26)9-10-35(27,28)23-12-15(6-8-22(23)34)20-14-32-19-11-16(5-7-18(19)33-20)24-13-31-17-3-1-2-4-21(17)36(24,29)30/h1-8,11-12,20,24H,9-10,13-14H2. The molecule has 0 saturated heterocycles. The Morgan fingerprint density at radius 3 is 2.25 bits per heavy atom. The number of hydrogen-bond donors (Lipinski definition) is 0. The molecule has 3 aliphatic rings. The van der Waals surface area contributed by atoms with Crippen LogP contribution in [0.5, 0.6) is 5.75 Å². The molecular weight excluding hydrogens is 561 g/mol. The van der Waals surface area contributed by atoms with E-state index in [1.54, 1.807) is 59.9 Å². The summed E-state index contributed by atoms with van der Waals surface area (Å²) in [5.74, 6) is 0.212. The van der Waals surface area contributed by atoms with Crippen LogP contribution in [-0.2, 0) is 29.5 Å². The highest BCUT2D eigenvalue weighted by Gasteiger charge is 2.38. The molecule has 36 heavy (non-hydrogen) atoms. The quantitative estimate of drug-likeness (QED) is 0.442. The van der Waals surface area contributed by atoms with Gasteiger partial charge in [0.2, 0.25) is 0 Å². The Morgan fingerprint density at radius 1 is 0.722 bits per heavy atom. The van der Waals surface area contributed by atoms with E-state index in [-0.39, 0.29) is 26.5 Å². The summed E-state index contributed by atoms with van der Waals surface area (Å²) in [4.78, 5) is 1.89. The molecule has 0 aliphatic carbocycles. The van der Waals surface area contributed by atoms with Crippen LogP contribution >= 0.6 is 23.5 Å². The van der Waals surface area contributed by atoms with E-state index in [0.29, 0.717) is 17.1 Å². The van der Waals surface area contributed by atoms with E-state index in [1.165, 1.54) is 12.1 Å². The maximum absolute atomic E-state index is 13.2. The van der Waals surface area contributed by atoms with E-state index in [4.69, 9.17) is 4.74 Å². The average Bonchev–Trinajstić information content (AvgIpc) is 2.86. The van der Waals surface area contributed by atoms with Crippen molar-refractivity contribution >= 4 is 53.0 Å². The Kier molecular flexibility index (Phi) is 5.76. The maximum atomic E-state index is 13.2. The average molecular weight is 581 g/mol. The predicted molar refractivity (Wildman–Crippen MR) is 138 cm³/mol. The summed E-state index contributed by atoms with van der Waals surface area (Å²) in [5, 5.41) is -0.874. The first-order valence-electron chi connectivity index (χ1n) is 11.0. The van der Waals surface area contributed by atoms with Gasteiger partial charge in [0.1, 0.15) is 22.5 Å². The molecule has 0 aromatic heterocycles. The van der Waals surface area contributed by atoms with Crippen LogP contribution in [-0.4, -0.2) is 49.1 Å². The van der Waals surface area contributed by atoms with Gasteiger partial charge >= 0.3 is 0 Å². The molecule has 0 fully saturated rings. The van der Waals surface area contributed by atoms with Gasteiger partial charge in [0.25, 0.3) is 0 Å². The van der Waals surface area contributed by atoms with Crippen molar-refractivity contribution in [2.24, 2.45) is 0 Å². The Labute approximate surface area is 218 Å². The third-order valence-electron chi connectivity index (χ3n) is 6.55. The van der Waals surface area contributed by atoms with Crippen LogP contribution in [0.2, 0.25) is 0 Å². The van der Waals surface area contributed by atoms with Crippen LogP contribution in [0.3, 0.4) is 0 Å². The van der Waals surface area contributed by atoms with E-state index in [0.717, 1.165) is 15.4 Å². The van der Waals surface area contributed by atoms with Crippen molar-refractivity contribution in [1.29, 1.82) is 0 Å². The molecule has 188 valence electrons. The minimum absolute atomic E-state index is 0.0467. The highest BCUT2D eigenvalue weighted by Crippen LogP contribution is 2.50. The highest BCUT2D eigenvalue weighted by molar-refractivity contribution is 8.05. The van der Waals surface area contributed by atoms with Gasteiger partial charge in [-0.25, -0.2) is 25.3 Å². The minimum Gasteiger partial charge on any atom is -0.490 e. The zero-order valence-electron chi connectivity index (χ0n) is 18.7. The molecule has 0 spiro atoms. The van der Waals surface area contributed by atoms with Gasteiger partial charge in [0.15, 0.2) is 29.5 Å². The van der Waals surface area contributed by atoms with E-state index in [9.17, 15) is 25.3 Å². The number of benzene rings is 3. The third-order valence-corrected chi connectivity index (χ3v) is 15.4. The number of rotatable bonds is 2. The Hall–Kier alpha value is -1.99. The van der Waals surface area contributed by atoms with Gasteiger partial charge in [-0.3, -0.25) is 0 Å². The molecule has 0 saturated carbocycles. The zero-order chi connectivity index (χ0) is 25.3. The van der Waals surface area contributed by atoms with E-state index < -0.39 is 46.3 Å². The third kappa shape index (κ3) is 3.97. The molecule has 0 bridgehead atoms. The molecule has 3 aromatic carbocycles. The summed E-state index contributed by atoms with van der Waals surface area (Å²) in [6, 6.07) is 16.8. The Morgan fingerprint density at radius 2 is 1.44 bits per heavy atom. The fourth-order valence-corrected chi connectivity index (χ4v) is 13.3. The second kappa shape index (κ2) is 8.52. The van der Waals surface area contributed by atoms with Crippen LogP contribution in [0.1, 0.15) is 21.6 Å². The van der Waals surface area contributed by atoms with E-state index in [2.05, 4.69) is 0 Å². The number of ether oxygens (including phenoxy) is 1. The number of para-hydroxylation sites is 1. The lowest BCUT2D eigenvalue weighted by molar-refractivity contribution is 0.294. The zero-order valence-corrected chi connectivity index (χ0v) is 22.7. The first kappa shape index (κ1) is 24.4. The summed E-state index contributed by atoms with van der Waals surface area (Å²) in [7, 11) is -10.8. The van der Waals surface area contributed by atoms with Crippen LogP contribution in [0.4, 0.5) is 0 Å². The molecular formula is C24H20O7S5. The fourth-order valence-electron chi connectivity index (χ4n) is 4.60. The van der Waals surface area contributed by atoms with Gasteiger partial charge in [-0.1, -0.05) is 24.3 Å². The molecule has 12 heteroatoms. The number of thioether (sulfide) groups is 2. The molecule has 7 nitrogen and oxygen atoms in total. The summed E-state index contributed by atoms with van der Waals surface area (Å²) in [6.45, 7) is 0.0467. The molecule has 3 aromatic rings. The second-order valence-corrected chi connectivity index (χ2v) is 17.3. The molecule has 2 atom stereocenters. The number of fused-ring (bicyclic) bond motifs is 3. The maximum Gasteiger partial charge on any atom is 0.192 e. The second-order valence-electron chi connectivity index (χ2n) is 8.76. The van der Waals surface area contributed by atoms with Crippen LogP contribution in [0, 0.1) is 0 Å². The summed E-state index contributed by atoms with van der Waals surface area (Å²) in [5.41, 5.74) is 1.42. The van der Waals surface area contributed by atoms with Crippen LogP contribution < -0.4 is 4.74 Å². The lowest BCUT2D eigenvalue weighted by Crippen LogP contribution is -2.26. The number of sulfone groups is 3. The van der Waals surface area contributed by atoms with Gasteiger partial charge < -0.3 is 4.74 Å². The number of hydrogen-bond acceptors (Lipinski definition) is 9. The first-order chi connectivity index (χ1) is 17.1. The van der Waals surface area contributed by atoms with Gasteiger partial charge in [-0.15, -0.1) is 23.5 Å². The van der Waals surface area contributed by atoms with E-state index in [1.807, 2.05) is 12.1 Å². The van der Waals surface area contributed by atoms with Crippen molar-refractivity contribution in [2.45, 2.75) is 35.0 Å². The monoisotopic (exact) mass is 580 g/mol. The van der Waals surface area contributed by atoms with Crippen molar-refractivity contribution < 1.29 is 30.0 Å². The summed E-state index contributed by atoms with van der Waals surface area (Å²) < 4.78 is 82.1. The molecule has 2 unspecified atom stereocenters. The van der Waals surface area contributed by atoms with Gasteiger partial charge in [0, 0.05) is 20.8 Å². The van der Waals surface area contributed by atoms with Crippen molar-refractivity contribution in [2.75, 3.05) is 23.9 Å². The van der Waals surface area contributed by atoms with Gasteiger partial charge in [0.05, 0.1) is 21.3 Å².